The highest BCUT2D eigenvalue weighted by Gasteiger charge is 2.31. The number of sulfonamides is 1. The van der Waals surface area contributed by atoms with Gasteiger partial charge in [-0.2, -0.15) is 11.3 Å². The predicted octanol–water partition coefficient (Wildman–Crippen LogP) is 3.31. The zero-order chi connectivity index (χ0) is 22.7. The Bertz CT molecular complexity index is 1240. The maximum atomic E-state index is 13.2. The van der Waals surface area contributed by atoms with Crippen molar-refractivity contribution in [2.24, 2.45) is 0 Å². The number of hydrogen-bond acceptors (Lipinski definition) is 6. The average Bonchev–Trinajstić information content (AvgIpc) is 3.47. The monoisotopic (exact) mass is 470 g/mol. The molecule has 1 aromatic heterocycles. The molecule has 166 valence electrons. The lowest BCUT2D eigenvalue weighted by Crippen LogP contribution is -2.31. The number of para-hydroxylation sites is 1. The van der Waals surface area contributed by atoms with E-state index < -0.39 is 22.6 Å². The van der Waals surface area contributed by atoms with Crippen molar-refractivity contribution in [3.63, 3.8) is 0 Å². The fourth-order valence-corrected chi connectivity index (χ4v) is 5.74. The third kappa shape index (κ3) is 4.53. The van der Waals surface area contributed by atoms with Crippen LogP contribution in [0.15, 0.2) is 70.3 Å². The lowest BCUT2D eigenvalue weighted by Gasteiger charge is -2.20. The molecule has 7 nitrogen and oxygen atoms in total. The van der Waals surface area contributed by atoms with E-state index in [0.29, 0.717) is 25.2 Å². The van der Waals surface area contributed by atoms with Crippen LogP contribution in [0, 0.1) is 0 Å². The summed E-state index contributed by atoms with van der Waals surface area (Å²) in [6.45, 7) is 0.349. The number of carbonyl (C=O) groups is 2. The van der Waals surface area contributed by atoms with Crippen LogP contribution in [0.1, 0.15) is 21.5 Å². The van der Waals surface area contributed by atoms with Crippen molar-refractivity contribution in [1.82, 2.24) is 4.90 Å². The van der Waals surface area contributed by atoms with Gasteiger partial charge in [-0.15, -0.1) is 0 Å². The molecule has 2 aromatic carbocycles. The second-order valence-electron chi connectivity index (χ2n) is 7.44. The van der Waals surface area contributed by atoms with Gasteiger partial charge < -0.3 is 9.64 Å². The van der Waals surface area contributed by atoms with E-state index in [-0.39, 0.29) is 16.4 Å². The molecule has 2 heterocycles. The molecule has 0 spiro atoms. The summed E-state index contributed by atoms with van der Waals surface area (Å²) in [4.78, 5) is 26.2. The van der Waals surface area contributed by atoms with Crippen molar-refractivity contribution >= 4 is 38.9 Å². The fourth-order valence-electron chi connectivity index (χ4n) is 3.53. The topological polar surface area (TPSA) is 84.0 Å². The minimum atomic E-state index is -3.83. The predicted molar refractivity (Wildman–Crippen MR) is 122 cm³/mol. The first-order valence-electron chi connectivity index (χ1n) is 9.99. The number of thiophene rings is 1. The molecular formula is C23H22N2O5S2. The molecule has 0 N–H and O–H groups in total. The molecular weight excluding hydrogens is 448 g/mol. The Balaban J connectivity index is 1.43. The van der Waals surface area contributed by atoms with Crippen molar-refractivity contribution in [2.45, 2.75) is 17.9 Å². The number of carbonyl (C=O) groups excluding carboxylic acids is 2. The highest BCUT2D eigenvalue weighted by molar-refractivity contribution is 7.92. The van der Waals surface area contributed by atoms with E-state index in [2.05, 4.69) is 0 Å². The molecule has 0 unspecified atom stereocenters. The number of fused-ring (bicyclic) bond motifs is 1. The molecule has 0 fully saturated rings. The van der Waals surface area contributed by atoms with Crippen LogP contribution in [0.4, 0.5) is 5.69 Å². The maximum absolute atomic E-state index is 13.2. The zero-order valence-electron chi connectivity index (χ0n) is 17.4. The van der Waals surface area contributed by atoms with Crippen molar-refractivity contribution in [1.29, 1.82) is 0 Å². The van der Waals surface area contributed by atoms with E-state index in [1.54, 1.807) is 30.5 Å². The Labute approximate surface area is 190 Å². The molecule has 1 aliphatic rings. The second kappa shape index (κ2) is 9.13. The first kappa shape index (κ1) is 22.0. The van der Waals surface area contributed by atoms with Crippen molar-refractivity contribution in [3.05, 3.63) is 82.0 Å². The van der Waals surface area contributed by atoms with E-state index >= 15 is 0 Å². The lowest BCUT2D eigenvalue weighted by molar-refractivity contribution is -0.133. The largest absolute Gasteiger partial charge is 0.452 e. The smallest absolute Gasteiger partial charge is 0.338 e. The standard InChI is InChI=1S/C23H22N2O5S2/c1-24(14-17-10-12-31-16-17)22(26)15-30-23(27)19-6-4-7-20(13-19)32(28,29)25-11-9-18-5-2-3-8-21(18)25/h2-8,10,12-13,16H,9,11,14-15H2,1H3. The fraction of sp³-hybridized carbons (Fsp3) is 0.217. The quantitative estimate of drug-likeness (QED) is 0.495. The van der Waals surface area contributed by atoms with Gasteiger partial charge in [-0.25, -0.2) is 13.2 Å². The number of likely N-dealkylation sites (N-methyl/N-ethyl adjacent to an activating group) is 1. The van der Waals surface area contributed by atoms with Crippen molar-refractivity contribution in [2.75, 3.05) is 24.5 Å². The Kier molecular flexibility index (Phi) is 6.29. The summed E-state index contributed by atoms with van der Waals surface area (Å²) in [7, 11) is -2.20. The minimum Gasteiger partial charge on any atom is -0.452 e. The van der Waals surface area contributed by atoms with Crippen LogP contribution >= 0.6 is 11.3 Å². The Morgan fingerprint density at radius 1 is 1.12 bits per heavy atom. The van der Waals surface area contributed by atoms with E-state index in [0.717, 1.165) is 11.1 Å². The van der Waals surface area contributed by atoms with Gasteiger partial charge in [-0.1, -0.05) is 24.3 Å². The Morgan fingerprint density at radius 2 is 1.94 bits per heavy atom. The van der Waals surface area contributed by atoms with Crippen LogP contribution in [0.2, 0.25) is 0 Å². The number of anilines is 1. The number of esters is 1. The molecule has 0 saturated carbocycles. The minimum absolute atomic E-state index is 0.00422. The number of benzene rings is 2. The summed E-state index contributed by atoms with van der Waals surface area (Å²) in [6.07, 6.45) is 0.637. The maximum Gasteiger partial charge on any atom is 0.338 e. The van der Waals surface area contributed by atoms with Gasteiger partial charge in [0, 0.05) is 20.1 Å². The van der Waals surface area contributed by atoms with Gasteiger partial charge in [-0.3, -0.25) is 9.10 Å². The summed E-state index contributed by atoms with van der Waals surface area (Å²) < 4.78 is 32.9. The van der Waals surface area contributed by atoms with Crippen molar-refractivity contribution < 1.29 is 22.7 Å². The molecule has 0 radical (unpaired) electrons. The van der Waals surface area contributed by atoms with Gasteiger partial charge in [-0.05, 0) is 58.6 Å². The van der Waals surface area contributed by atoms with E-state index in [4.69, 9.17) is 4.74 Å². The van der Waals surface area contributed by atoms with Gasteiger partial charge in [0.2, 0.25) is 0 Å². The van der Waals surface area contributed by atoms with E-state index in [1.165, 1.54) is 33.5 Å². The molecule has 0 atom stereocenters. The molecule has 0 saturated heterocycles. The average molecular weight is 471 g/mol. The highest BCUT2D eigenvalue weighted by atomic mass is 32.2. The summed E-state index contributed by atoms with van der Waals surface area (Å²) in [6, 6.07) is 15.0. The van der Waals surface area contributed by atoms with Crippen LogP contribution in [-0.4, -0.2) is 45.4 Å². The molecule has 32 heavy (non-hydrogen) atoms. The number of ether oxygens (including phenoxy) is 1. The van der Waals surface area contributed by atoms with E-state index in [9.17, 15) is 18.0 Å². The number of rotatable bonds is 7. The second-order valence-corrected chi connectivity index (χ2v) is 10.1. The highest BCUT2D eigenvalue weighted by Crippen LogP contribution is 2.32. The van der Waals surface area contributed by atoms with Gasteiger partial charge in [0.1, 0.15) is 0 Å². The van der Waals surface area contributed by atoms with Gasteiger partial charge in [0.25, 0.3) is 15.9 Å². The molecule has 4 rings (SSSR count). The van der Waals surface area contributed by atoms with Gasteiger partial charge in [0.15, 0.2) is 6.61 Å². The summed E-state index contributed by atoms with van der Waals surface area (Å²) >= 11 is 1.54. The Hall–Kier alpha value is -3.17. The third-order valence-corrected chi connectivity index (χ3v) is 7.80. The molecule has 3 aromatic rings. The molecule has 9 heteroatoms. The first-order chi connectivity index (χ1) is 15.4. The summed E-state index contributed by atoms with van der Waals surface area (Å²) in [5.74, 6) is -1.09. The molecule has 0 aliphatic carbocycles. The first-order valence-corrected chi connectivity index (χ1v) is 12.4. The van der Waals surface area contributed by atoms with Crippen molar-refractivity contribution in [3.8, 4) is 0 Å². The molecule has 1 aliphatic heterocycles. The van der Waals surface area contributed by atoms with Crippen LogP contribution in [0.25, 0.3) is 0 Å². The normalized spacial score (nSPS) is 13.0. The van der Waals surface area contributed by atoms with Gasteiger partial charge >= 0.3 is 5.97 Å². The molecule has 1 amide bonds. The Morgan fingerprint density at radius 3 is 2.72 bits per heavy atom. The SMILES string of the molecule is CN(Cc1ccsc1)C(=O)COC(=O)c1cccc(S(=O)(=O)N2CCc3ccccc32)c1. The number of amides is 1. The molecule has 0 bridgehead atoms. The van der Waals surface area contributed by atoms with Crippen LogP contribution in [0.3, 0.4) is 0 Å². The number of nitrogens with zero attached hydrogens (tertiary/aromatic N) is 2. The third-order valence-electron chi connectivity index (χ3n) is 5.25. The lowest BCUT2D eigenvalue weighted by atomic mass is 10.2. The summed E-state index contributed by atoms with van der Waals surface area (Å²) in [5, 5.41) is 3.87. The zero-order valence-corrected chi connectivity index (χ0v) is 19.1. The van der Waals surface area contributed by atoms with Crippen LogP contribution < -0.4 is 4.31 Å². The van der Waals surface area contributed by atoms with Crippen LogP contribution in [0.5, 0.6) is 0 Å². The summed E-state index contributed by atoms with van der Waals surface area (Å²) in [5.41, 5.74) is 2.70. The number of hydrogen-bond donors (Lipinski definition) is 0. The van der Waals surface area contributed by atoms with E-state index in [1.807, 2.05) is 29.0 Å². The van der Waals surface area contributed by atoms with Crippen LogP contribution in [-0.2, 0) is 32.5 Å². The van der Waals surface area contributed by atoms with Gasteiger partial charge in [0.05, 0.1) is 16.1 Å².